The lowest BCUT2D eigenvalue weighted by Gasteiger charge is -2.40. The minimum Gasteiger partial charge on any atom is -0.496 e. The van der Waals surface area contributed by atoms with Crippen molar-refractivity contribution in [1.29, 1.82) is 10.8 Å². The van der Waals surface area contributed by atoms with E-state index in [-0.39, 0.29) is 17.7 Å². The van der Waals surface area contributed by atoms with E-state index in [4.69, 9.17) is 20.3 Å². The molecule has 5 rings (SSSR count). The summed E-state index contributed by atoms with van der Waals surface area (Å²) >= 11 is 0. The molecule has 3 aromatic rings. The Morgan fingerprint density at radius 2 is 1.82 bits per heavy atom. The Morgan fingerprint density at radius 3 is 2.45 bits per heavy atom. The van der Waals surface area contributed by atoms with Crippen LogP contribution in [0.1, 0.15) is 43.5 Å². The maximum Gasteiger partial charge on any atom is 0.233 e. The van der Waals surface area contributed by atoms with Crippen molar-refractivity contribution in [1.82, 2.24) is 15.1 Å². The molecule has 1 atom stereocenters. The number of rotatable bonds is 6. The lowest BCUT2D eigenvalue weighted by molar-refractivity contribution is -0.130. The van der Waals surface area contributed by atoms with Crippen molar-refractivity contribution in [3.63, 3.8) is 0 Å². The van der Waals surface area contributed by atoms with E-state index in [1.54, 1.807) is 37.6 Å². The number of likely N-dealkylation sites (tertiary alicyclic amines) is 1. The van der Waals surface area contributed by atoms with E-state index in [0.717, 1.165) is 23.2 Å². The van der Waals surface area contributed by atoms with Gasteiger partial charge in [-0.05, 0) is 49.1 Å². The molecule has 2 saturated heterocycles. The van der Waals surface area contributed by atoms with Crippen LogP contribution < -0.4 is 9.64 Å². The number of aliphatic hydroxyl groups excluding tert-OH is 1. The normalized spacial score (nSPS) is 18.0. The van der Waals surface area contributed by atoms with Gasteiger partial charge in [-0.15, -0.1) is 0 Å². The summed E-state index contributed by atoms with van der Waals surface area (Å²) in [7, 11) is 1.62. The highest BCUT2D eigenvalue weighted by molar-refractivity contribution is 6.00. The van der Waals surface area contributed by atoms with Crippen LogP contribution in [0.25, 0.3) is 11.1 Å². The van der Waals surface area contributed by atoms with Crippen LogP contribution in [0.4, 0.5) is 5.69 Å². The molecule has 10 heteroatoms. The first-order valence-corrected chi connectivity index (χ1v) is 12.6. The third-order valence-electron chi connectivity index (χ3n) is 7.65. The molecular weight excluding hydrogens is 484 g/mol. The van der Waals surface area contributed by atoms with E-state index < -0.39 is 11.6 Å². The number of hydrogen-bond donors (Lipinski definition) is 4. The highest BCUT2D eigenvalue weighted by Gasteiger charge is 2.49. The number of nitrogens with one attached hydrogen (secondary N) is 3. The van der Waals surface area contributed by atoms with Crippen molar-refractivity contribution in [3.05, 3.63) is 66.0 Å². The number of methoxy groups -OCH3 is 1. The molecular formula is C28H32N6O4. The van der Waals surface area contributed by atoms with Gasteiger partial charge in [-0.2, -0.15) is 5.10 Å². The minimum absolute atomic E-state index is 0.0493. The first kappa shape index (κ1) is 25.6. The molecule has 0 aliphatic carbocycles. The van der Waals surface area contributed by atoms with Gasteiger partial charge in [-0.3, -0.25) is 25.6 Å². The molecule has 10 nitrogen and oxygen atoms in total. The minimum atomic E-state index is -0.798. The number of carbonyl (C=O) groups excluding carboxylic acids is 1. The lowest BCUT2D eigenvalue weighted by Crippen LogP contribution is -2.45. The smallest absolute Gasteiger partial charge is 0.233 e. The first-order chi connectivity index (χ1) is 18.3. The number of hydrogen-bond acceptors (Lipinski definition) is 8. The number of piperidine rings is 1. The van der Waals surface area contributed by atoms with Crippen LogP contribution in [0.15, 0.2) is 54.9 Å². The zero-order chi connectivity index (χ0) is 26.9. The number of carbonyl (C=O) groups is 1. The molecule has 1 amide bonds. The van der Waals surface area contributed by atoms with Gasteiger partial charge in [0.15, 0.2) is 5.90 Å². The van der Waals surface area contributed by atoms with Gasteiger partial charge in [0.2, 0.25) is 11.8 Å². The molecule has 2 aliphatic rings. The van der Waals surface area contributed by atoms with E-state index in [1.807, 2.05) is 34.2 Å². The highest BCUT2D eigenvalue weighted by Crippen LogP contribution is 2.45. The molecule has 3 heterocycles. The van der Waals surface area contributed by atoms with Crippen LogP contribution in [0, 0.1) is 16.2 Å². The molecule has 2 aromatic carbocycles. The van der Waals surface area contributed by atoms with Crippen molar-refractivity contribution in [2.75, 3.05) is 31.6 Å². The molecule has 0 saturated carbocycles. The fourth-order valence-corrected chi connectivity index (χ4v) is 5.44. The number of H-pyrrole nitrogens is 1. The molecule has 38 heavy (non-hydrogen) atoms. The van der Waals surface area contributed by atoms with Gasteiger partial charge in [0.1, 0.15) is 12.0 Å². The van der Waals surface area contributed by atoms with Crippen LogP contribution in [-0.4, -0.2) is 64.7 Å². The third kappa shape index (κ3) is 4.80. The third-order valence-corrected chi connectivity index (χ3v) is 7.65. The zero-order valence-corrected chi connectivity index (χ0v) is 21.5. The standard InChI is InChI=1S/C28H32N6O4/c1-18(29)38-25(30)19-3-5-20(6-4-19)26(35)33-12-9-28(10-13-33)11-14-34(27(28)36)22-7-8-23(24(15-22)37-2)21-16-31-32-17-21/h3-8,15-17,26,29-30,35H,9-14H2,1-2H3,(H,31,32). The number of amides is 1. The topological polar surface area (TPSA) is 139 Å². The van der Waals surface area contributed by atoms with Gasteiger partial charge in [-0.1, -0.05) is 12.1 Å². The van der Waals surface area contributed by atoms with E-state index in [9.17, 15) is 9.90 Å². The predicted molar refractivity (Wildman–Crippen MR) is 144 cm³/mol. The second kappa shape index (κ2) is 10.4. The second-order valence-corrected chi connectivity index (χ2v) is 9.88. The number of anilines is 1. The Kier molecular flexibility index (Phi) is 7.00. The molecule has 4 N–H and O–H groups in total. The summed E-state index contributed by atoms with van der Waals surface area (Å²) in [5.41, 5.74) is 3.49. The molecule has 1 spiro atoms. The Labute approximate surface area is 221 Å². The molecule has 1 unspecified atom stereocenters. The number of aliphatic hydroxyl groups is 1. The van der Waals surface area contributed by atoms with E-state index in [1.165, 1.54) is 6.92 Å². The summed E-state index contributed by atoms with van der Waals surface area (Å²) < 4.78 is 10.7. The van der Waals surface area contributed by atoms with Crippen molar-refractivity contribution in [3.8, 4) is 16.9 Å². The number of ether oxygens (including phenoxy) is 2. The van der Waals surface area contributed by atoms with E-state index in [0.29, 0.717) is 49.4 Å². The summed E-state index contributed by atoms with van der Waals surface area (Å²) in [6.07, 6.45) is 4.89. The zero-order valence-electron chi connectivity index (χ0n) is 21.5. The van der Waals surface area contributed by atoms with Crippen LogP contribution in [0.3, 0.4) is 0 Å². The number of aromatic amines is 1. The average molecular weight is 517 g/mol. The predicted octanol–water partition coefficient (Wildman–Crippen LogP) is 3.93. The fourth-order valence-electron chi connectivity index (χ4n) is 5.44. The largest absolute Gasteiger partial charge is 0.496 e. The quantitative estimate of drug-likeness (QED) is 0.289. The van der Waals surface area contributed by atoms with Crippen molar-refractivity contribution < 1.29 is 19.4 Å². The Morgan fingerprint density at radius 1 is 1.11 bits per heavy atom. The highest BCUT2D eigenvalue weighted by atomic mass is 16.5. The lowest BCUT2D eigenvalue weighted by atomic mass is 9.77. The summed E-state index contributed by atoms with van der Waals surface area (Å²) in [4.78, 5) is 17.5. The number of nitrogens with zero attached hydrogens (tertiary/aromatic N) is 3. The first-order valence-electron chi connectivity index (χ1n) is 12.6. The summed E-state index contributed by atoms with van der Waals surface area (Å²) in [6, 6.07) is 12.8. The SMILES string of the molecule is COc1cc(N2CCC3(CCN(C(O)c4ccc(C(=N)OC(C)=N)cc4)CC3)C2=O)ccc1-c1cn[nH]c1. The van der Waals surface area contributed by atoms with Crippen molar-refractivity contribution >= 4 is 23.4 Å². The molecule has 0 bridgehead atoms. The van der Waals surface area contributed by atoms with Gasteiger partial charge in [0.25, 0.3) is 0 Å². The van der Waals surface area contributed by atoms with Gasteiger partial charge in [0.05, 0.1) is 18.7 Å². The molecule has 2 fully saturated rings. The van der Waals surface area contributed by atoms with Crippen molar-refractivity contribution in [2.24, 2.45) is 5.41 Å². The molecule has 0 radical (unpaired) electrons. The van der Waals surface area contributed by atoms with Crippen LogP contribution in [0.5, 0.6) is 5.75 Å². The average Bonchev–Trinajstić information content (AvgIpc) is 3.57. The monoisotopic (exact) mass is 516 g/mol. The Hall–Kier alpha value is -4.02. The number of benzene rings is 2. The maximum absolute atomic E-state index is 13.7. The summed E-state index contributed by atoms with van der Waals surface area (Å²) in [6.45, 7) is 3.34. The van der Waals surface area contributed by atoms with Gasteiger partial charge >= 0.3 is 0 Å². The second-order valence-electron chi connectivity index (χ2n) is 9.88. The Bertz CT molecular complexity index is 1330. The maximum atomic E-state index is 13.7. The summed E-state index contributed by atoms with van der Waals surface area (Å²) in [5.74, 6) is 0.675. The van der Waals surface area contributed by atoms with Crippen LogP contribution in [-0.2, 0) is 9.53 Å². The van der Waals surface area contributed by atoms with E-state index in [2.05, 4.69) is 10.2 Å². The van der Waals surface area contributed by atoms with Crippen molar-refractivity contribution in [2.45, 2.75) is 32.4 Å². The van der Waals surface area contributed by atoms with Gasteiger partial charge in [-0.25, -0.2) is 0 Å². The molecule has 1 aromatic heterocycles. The van der Waals surface area contributed by atoms with E-state index >= 15 is 0 Å². The van der Waals surface area contributed by atoms with Crippen LogP contribution in [0.2, 0.25) is 0 Å². The van der Waals surface area contributed by atoms with Gasteiger partial charge < -0.3 is 19.5 Å². The Balaban J connectivity index is 1.24. The molecule has 198 valence electrons. The van der Waals surface area contributed by atoms with Crippen LogP contribution >= 0.6 is 0 Å². The fraction of sp³-hybridized carbons (Fsp3) is 0.357. The molecule has 2 aliphatic heterocycles. The summed E-state index contributed by atoms with van der Waals surface area (Å²) in [5, 5.41) is 33.1. The van der Waals surface area contributed by atoms with Gasteiger partial charge in [0, 0.05) is 61.2 Å². The number of aromatic nitrogens is 2.